The molecule has 0 amide bonds. The molecule has 1 saturated heterocycles. The molecule has 0 N–H and O–H groups in total. The van der Waals surface area contributed by atoms with E-state index in [-0.39, 0.29) is 5.78 Å². The molecule has 1 aliphatic heterocycles. The Morgan fingerprint density at radius 3 is 3.00 bits per heavy atom. The Morgan fingerprint density at radius 2 is 2.19 bits per heavy atom. The van der Waals surface area contributed by atoms with E-state index in [0.717, 1.165) is 30.1 Å². The Labute approximate surface area is 96.0 Å². The van der Waals surface area contributed by atoms with Gasteiger partial charge in [0, 0.05) is 6.42 Å². The number of carbonyl (C=O) groups excluding carboxylic acids is 1. The second-order valence-corrected chi connectivity index (χ2v) is 6.15. The average Bonchev–Trinajstić information content (AvgIpc) is 2.67. The largest absolute Gasteiger partial charge is 0.369 e. The average molecular weight is 218 g/mol. The van der Waals surface area contributed by atoms with Crippen molar-refractivity contribution in [3.63, 3.8) is 0 Å². The van der Waals surface area contributed by atoms with Crippen molar-refractivity contribution in [3.05, 3.63) is 12.7 Å². The first-order valence-corrected chi connectivity index (χ1v) is 6.58. The van der Waals surface area contributed by atoms with Crippen molar-refractivity contribution in [2.24, 2.45) is 29.6 Å². The number of ketones is 1. The highest BCUT2D eigenvalue weighted by Gasteiger charge is 2.66. The van der Waals surface area contributed by atoms with Crippen molar-refractivity contribution in [3.8, 4) is 0 Å². The summed E-state index contributed by atoms with van der Waals surface area (Å²) >= 11 is 0. The maximum atomic E-state index is 11.5. The number of carbonyl (C=O) groups is 1. The van der Waals surface area contributed by atoms with E-state index < -0.39 is 0 Å². The molecule has 7 atom stereocenters. The van der Waals surface area contributed by atoms with Crippen LogP contribution in [0.3, 0.4) is 0 Å². The quantitative estimate of drug-likeness (QED) is 0.537. The zero-order valence-corrected chi connectivity index (χ0v) is 9.47. The summed E-state index contributed by atoms with van der Waals surface area (Å²) in [7, 11) is 0. The number of allylic oxidation sites excluding steroid dienone is 1. The van der Waals surface area contributed by atoms with E-state index in [0.29, 0.717) is 18.1 Å². The fraction of sp³-hybridized carbons (Fsp3) is 0.786. The highest BCUT2D eigenvalue weighted by Crippen LogP contribution is 2.66. The van der Waals surface area contributed by atoms with Gasteiger partial charge in [0.1, 0.15) is 0 Å². The van der Waals surface area contributed by atoms with E-state index >= 15 is 0 Å². The van der Waals surface area contributed by atoms with E-state index in [1.54, 1.807) is 0 Å². The van der Waals surface area contributed by atoms with Gasteiger partial charge in [-0.05, 0) is 54.9 Å². The molecule has 3 aliphatic carbocycles. The Bertz CT molecular complexity index is 362. The van der Waals surface area contributed by atoms with E-state index in [2.05, 4.69) is 6.58 Å². The minimum Gasteiger partial charge on any atom is -0.369 e. The third kappa shape index (κ3) is 1.09. The standard InChI is InChI=1S/C14H18O2/c1-2-9(15)4-7-3-8-5-10(7)13-11(8)6-12-14(13)16-12/h2,7-8,10-14H,1,3-6H2. The van der Waals surface area contributed by atoms with E-state index in [1.165, 1.54) is 25.3 Å². The van der Waals surface area contributed by atoms with Crippen molar-refractivity contribution < 1.29 is 9.53 Å². The molecule has 0 aromatic rings. The third-order valence-corrected chi connectivity index (χ3v) is 5.58. The van der Waals surface area contributed by atoms with E-state index in [1.807, 2.05) is 0 Å². The second kappa shape index (κ2) is 2.98. The molecule has 3 saturated carbocycles. The molecule has 0 aromatic carbocycles. The van der Waals surface area contributed by atoms with Crippen molar-refractivity contribution in [2.75, 3.05) is 0 Å². The van der Waals surface area contributed by atoms with Crippen molar-refractivity contribution in [1.29, 1.82) is 0 Å². The fourth-order valence-corrected chi connectivity index (χ4v) is 5.02. The van der Waals surface area contributed by atoms with Gasteiger partial charge in [-0.25, -0.2) is 0 Å². The minimum absolute atomic E-state index is 0.236. The van der Waals surface area contributed by atoms with Crippen molar-refractivity contribution in [2.45, 2.75) is 37.9 Å². The summed E-state index contributed by atoms with van der Waals surface area (Å²) in [5, 5.41) is 0. The normalized spacial score (nSPS) is 55.9. The van der Waals surface area contributed by atoms with E-state index in [4.69, 9.17) is 4.74 Å². The number of fused-ring (bicyclic) bond motifs is 7. The zero-order valence-electron chi connectivity index (χ0n) is 9.47. The summed E-state index contributed by atoms with van der Waals surface area (Å²) in [5.74, 6) is 4.33. The van der Waals surface area contributed by atoms with Crippen LogP contribution >= 0.6 is 0 Å². The molecule has 2 heteroatoms. The summed E-state index contributed by atoms with van der Waals surface area (Å²) in [4.78, 5) is 11.5. The Hall–Kier alpha value is -0.630. The molecule has 4 fully saturated rings. The van der Waals surface area contributed by atoms with Crippen LogP contribution in [0.15, 0.2) is 12.7 Å². The molecule has 4 rings (SSSR count). The number of hydrogen-bond donors (Lipinski definition) is 0. The molecule has 2 nitrogen and oxygen atoms in total. The van der Waals surface area contributed by atoms with Crippen LogP contribution in [0.2, 0.25) is 0 Å². The first-order chi connectivity index (χ1) is 7.78. The molecule has 2 bridgehead atoms. The van der Waals surface area contributed by atoms with Gasteiger partial charge in [-0.15, -0.1) is 0 Å². The SMILES string of the molecule is C=CC(=O)CC1CC2CC1C1C2CC2OC21. The van der Waals surface area contributed by atoms with Crippen LogP contribution < -0.4 is 0 Å². The smallest absolute Gasteiger partial charge is 0.155 e. The maximum Gasteiger partial charge on any atom is 0.155 e. The monoisotopic (exact) mass is 218 g/mol. The van der Waals surface area contributed by atoms with Crippen LogP contribution in [0.5, 0.6) is 0 Å². The molecular weight excluding hydrogens is 200 g/mol. The van der Waals surface area contributed by atoms with Gasteiger partial charge in [0.25, 0.3) is 0 Å². The Balaban J connectivity index is 1.53. The van der Waals surface area contributed by atoms with Crippen LogP contribution in [-0.4, -0.2) is 18.0 Å². The zero-order chi connectivity index (χ0) is 10.9. The van der Waals surface area contributed by atoms with Gasteiger partial charge in [-0.3, -0.25) is 4.79 Å². The molecule has 0 aromatic heterocycles. The predicted molar refractivity (Wildman–Crippen MR) is 59.8 cm³/mol. The van der Waals surface area contributed by atoms with E-state index in [9.17, 15) is 4.79 Å². The summed E-state index contributed by atoms with van der Waals surface area (Å²) in [6.45, 7) is 3.58. The molecule has 0 radical (unpaired) electrons. The molecule has 1 heterocycles. The molecular formula is C14H18O2. The van der Waals surface area contributed by atoms with Crippen LogP contribution in [0.25, 0.3) is 0 Å². The number of rotatable bonds is 3. The topological polar surface area (TPSA) is 29.6 Å². The minimum atomic E-state index is 0.236. The predicted octanol–water partition coefficient (Wildman–Crippen LogP) is 2.19. The molecule has 4 aliphatic rings. The van der Waals surface area contributed by atoms with Crippen LogP contribution in [0.1, 0.15) is 25.7 Å². The van der Waals surface area contributed by atoms with Crippen molar-refractivity contribution in [1.82, 2.24) is 0 Å². The van der Waals surface area contributed by atoms with Gasteiger partial charge < -0.3 is 4.74 Å². The summed E-state index contributed by atoms with van der Waals surface area (Å²) in [6.07, 6.45) is 7.41. The third-order valence-electron chi connectivity index (χ3n) is 5.58. The maximum absolute atomic E-state index is 11.5. The summed E-state index contributed by atoms with van der Waals surface area (Å²) < 4.78 is 5.69. The lowest BCUT2D eigenvalue weighted by Gasteiger charge is -2.32. The Morgan fingerprint density at radius 1 is 1.31 bits per heavy atom. The number of epoxide rings is 1. The van der Waals surface area contributed by atoms with Gasteiger partial charge in [-0.1, -0.05) is 6.58 Å². The molecule has 7 unspecified atom stereocenters. The lowest BCUT2D eigenvalue weighted by molar-refractivity contribution is -0.116. The summed E-state index contributed by atoms with van der Waals surface area (Å²) in [5.41, 5.74) is 0. The van der Waals surface area contributed by atoms with Gasteiger partial charge >= 0.3 is 0 Å². The van der Waals surface area contributed by atoms with Gasteiger partial charge in [0.15, 0.2) is 5.78 Å². The highest BCUT2D eigenvalue weighted by molar-refractivity contribution is 5.89. The van der Waals surface area contributed by atoms with Crippen LogP contribution in [0.4, 0.5) is 0 Å². The molecule has 0 spiro atoms. The Kier molecular flexibility index (Phi) is 1.75. The number of ether oxygens (including phenoxy) is 1. The van der Waals surface area contributed by atoms with Gasteiger partial charge in [-0.2, -0.15) is 0 Å². The van der Waals surface area contributed by atoms with Crippen LogP contribution in [0, 0.1) is 29.6 Å². The van der Waals surface area contributed by atoms with Gasteiger partial charge in [0.2, 0.25) is 0 Å². The lowest BCUT2D eigenvalue weighted by atomic mass is 9.73. The number of hydrogen-bond acceptors (Lipinski definition) is 2. The summed E-state index contributed by atoms with van der Waals surface area (Å²) in [6, 6.07) is 0. The van der Waals surface area contributed by atoms with Crippen LogP contribution in [-0.2, 0) is 9.53 Å². The second-order valence-electron chi connectivity index (χ2n) is 6.15. The molecule has 86 valence electrons. The van der Waals surface area contributed by atoms with Crippen molar-refractivity contribution >= 4 is 5.78 Å². The van der Waals surface area contributed by atoms with Gasteiger partial charge in [0.05, 0.1) is 12.2 Å². The lowest BCUT2D eigenvalue weighted by Crippen LogP contribution is -2.29. The molecule has 16 heavy (non-hydrogen) atoms. The first kappa shape index (κ1) is 9.41. The first-order valence-electron chi connectivity index (χ1n) is 6.58. The highest BCUT2D eigenvalue weighted by atomic mass is 16.6. The fourth-order valence-electron chi connectivity index (χ4n) is 5.02.